The Morgan fingerprint density at radius 3 is 2.55 bits per heavy atom. The predicted octanol–water partition coefficient (Wildman–Crippen LogP) is 2.46. The average molecular weight is 329 g/mol. The molecule has 0 fully saturated rings. The maximum Gasteiger partial charge on any atom is 0.375 e. The smallest absolute Gasteiger partial charge is 0.375 e. The molecule has 0 aromatic heterocycles. The summed E-state index contributed by atoms with van der Waals surface area (Å²) >= 11 is 5.76. The van der Waals surface area contributed by atoms with Gasteiger partial charge in [0, 0.05) is 5.56 Å². The highest BCUT2D eigenvalue weighted by atomic mass is 35.5. The van der Waals surface area contributed by atoms with Crippen LogP contribution in [0.15, 0.2) is 24.8 Å². The second-order valence-corrected chi connectivity index (χ2v) is 4.52. The van der Waals surface area contributed by atoms with Crippen LogP contribution in [0.2, 0.25) is 5.02 Å². The van der Waals surface area contributed by atoms with E-state index in [2.05, 4.69) is 11.3 Å². The first-order chi connectivity index (χ1) is 10.4. The number of Topliss-reactive ketones (excluding diaryl/α,β-unsaturated/α-hetero) is 1. The molecule has 0 spiro atoms. The third-order valence-corrected chi connectivity index (χ3v) is 3.12. The quantitative estimate of drug-likeness (QED) is 0.333. The Hall–Kier alpha value is -2.21. The fraction of sp³-hybridized carbons (Fsp3) is 0.267. The molecule has 0 amide bonds. The van der Waals surface area contributed by atoms with Crippen LogP contribution in [0, 0.1) is 5.82 Å². The molecule has 7 heteroatoms. The van der Waals surface area contributed by atoms with Crippen molar-refractivity contribution in [1.29, 1.82) is 0 Å². The van der Waals surface area contributed by atoms with Gasteiger partial charge in [0.15, 0.2) is 17.3 Å². The van der Waals surface area contributed by atoms with E-state index in [-0.39, 0.29) is 22.9 Å². The topological polar surface area (TPSA) is 69.7 Å². The van der Waals surface area contributed by atoms with Crippen molar-refractivity contribution in [3.63, 3.8) is 0 Å². The van der Waals surface area contributed by atoms with Crippen LogP contribution in [0.1, 0.15) is 18.4 Å². The number of ether oxygens (including phenoxy) is 2. The number of methoxy groups -OCH3 is 1. The number of allylic oxidation sites excluding steroid dienone is 1. The van der Waals surface area contributed by atoms with Gasteiger partial charge in [-0.25, -0.2) is 9.18 Å². The van der Waals surface area contributed by atoms with Crippen LogP contribution in [-0.4, -0.2) is 31.3 Å². The van der Waals surface area contributed by atoms with Crippen molar-refractivity contribution in [3.05, 3.63) is 41.2 Å². The number of halogens is 2. The van der Waals surface area contributed by atoms with Gasteiger partial charge >= 0.3 is 5.97 Å². The van der Waals surface area contributed by atoms with Crippen molar-refractivity contribution in [3.8, 4) is 5.75 Å². The van der Waals surface area contributed by atoms with E-state index in [4.69, 9.17) is 16.3 Å². The zero-order valence-corrected chi connectivity index (χ0v) is 12.8. The van der Waals surface area contributed by atoms with Gasteiger partial charge < -0.3 is 9.47 Å². The predicted molar refractivity (Wildman–Crippen MR) is 77.5 cm³/mol. The molecule has 1 aromatic rings. The molecule has 0 radical (unpaired) electrons. The number of benzene rings is 1. The largest absolute Gasteiger partial charge is 0.492 e. The van der Waals surface area contributed by atoms with Gasteiger partial charge in [0.2, 0.25) is 0 Å². The summed E-state index contributed by atoms with van der Waals surface area (Å²) in [6.07, 6.45) is 0.836. The molecule has 22 heavy (non-hydrogen) atoms. The molecule has 5 nitrogen and oxygen atoms in total. The second-order valence-electron chi connectivity index (χ2n) is 4.11. The molecule has 1 rings (SSSR count). The lowest BCUT2D eigenvalue weighted by Crippen LogP contribution is -2.30. The highest BCUT2D eigenvalue weighted by molar-refractivity contribution is 6.41. The number of rotatable bonds is 7. The number of esters is 1. The van der Waals surface area contributed by atoms with Gasteiger partial charge in [-0.2, -0.15) is 0 Å². The number of hydrogen-bond donors (Lipinski definition) is 0. The maximum atomic E-state index is 14.4. The first kappa shape index (κ1) is 17.8. The van der Waals surface area contributed by atoms with Gasteiger partial charge in [-0.1, -0.05) is 24.2 Å². The highest BCUT2D eigenvalue weighted by Gasteiger charge is 2.35. The Morgan fingerprint density at radius 1 is 1.41 bits per heavy atom. The first-order valence-corrected chi connectivity index (χ1v) is 6.65. The van der Waals surface area contributed by atoms with Crippen molar-refractivity contribution in [2.75, 3.05) is 13.7 Å². The lowest BCUT2D eigenvalue weighted by molar-refractivity contribution is -0.155. The van der Waals surface area contributed by atoms with E-state index in [0.717, 1.165) is 12.1 Å². The molecular weight excluding hydrogens is 315 g/mol. The summed E-state index contributed by atoms with van der Waals surface area (Å²) < 4.78 is 23.8. The third kappa shape index (κ3) is 3.51. The SMILES string of the molecule is C=CC(=O)C(C(=O)C(=O)OCC)c1ccc(Cl)c(OC)c1F. The van der Waals surface area contributed by atoms with Gasteiger partial charge in [0.25, 0.3) is 5.78 Å². The van der Waals surface area contributed by atoms with Crippen LogP contribution < -0.4 is 4.74 Å². The summed E-state index contributed by atoms with van der Waals surface area (Å²) in [6.45, 7) is 4.70. The fourth-order valence-electron chi connectivity index (χ4n) is 1.82. The molecule has 0 aliphatic rings. The minimum atomic E-state index is -1.69. The minimum absolute atomic E-state index is 0.0304. The molecule has 1 aromatic carbocycles. The van der Waals surface area contributed by atoms with Gasteiger partial charge in [-0.3, -0.25) is 9.59 Å². The molecule has 0 aliphatic carbocycles. The summed E-state index contributed by atoms with van der Waals surface area (Å²) in [4.78, 5) is 35.6. The Kier molecular flexibility index (Phi) is 6.24. The Balaban J connectivity index is 3.42. The molecule has 0 aliphatic heterocycles. The number of ketones is 2. The van der Waals surface area contributed by atoms with Crippen molar-refractivity contribution >= 4 is 29.1 Å². The number of hydrogen-bond acceptors (Lipinski definition) is 5. The Bertz CT molecular complexity index is 627. The summed E-state index contributed by atoms with van der Waals surface area (Å²) in [5.41, 5.74) is -0.329. The second kappa shape index (κ2) is 7.70. The summed E-state index contributed by atoms with van der Waals surface area (Å²) in [7, 11) is 1.19. The van der Waals surface area contributed by atoms with Crippen molar-refractivity contribution in [1.82, 2.24) is 0 Å². The van der Waals surface area contributed by atoms with Crippen LogP contribution in [0.25, 0.3) is 0 Å². The highest BCUT2D eigenvalue weighted by Crippen LogP contribution is 2.34. The number of carbonyl (C=O) groups is 3. The summed E-state index contributed by atoms with van der Waals surface area (Å²) in [5.74, 6) is -6.25. The Morgan fingerprint density at radius 2 is 2.05 bits per heavy atom. The summed E-state index contributed by atoms with van der Waals surface area (Å²) in [6, 6.07) is 2.41. The van der Waals surface area contributed by atoms with E-state index in [1.54, 1.807) is 0 Å². The van der Waals surface area contributed by atoms with E-state index < -0.39 is 29.3 Å². The zero-order valence-electron chi connectivity index (χ0n) is 12.0. The van der Waals surface area contributed by atoms with Crippen LogP contribution in [0.4, 0.5) is 4.39 Å². The Labute approximate surface area is 131 Å². The van der Waals surface area contributed by atoms with E-state index >= 15 is 0 Å². The van der Waals surface area contributed by atoms with Crippen LogP contribution >= 0.6 is 11.6 Å². The van der Waals surface area contributed by atoms with E-state index in [1.807, 2.05) is 0 Å². The molecular formula is C15H14ClFO5. The number of carbonyl (C=O) groups excluding carboxylic acids is 3. The molecule has 0 bridgehead atoms. The molecule has 1 atom stereocenters. The summed E-state index contributed by atoms with van der Waals surface area (Å²) in [5, 5.41) is -0.0304. The van der Waals surface area contributed by atoms with Gasteiger partial charge in [-0.15, -0.1) is 0 Å². The standard InChI is InChI=1S/C15H14ClFO5/c1-4-10(18)11(13(19)15(20)22-5-2)8-6-7-9(16)14(21-3)12(8)17/h4,6-7,11H,1,5H2,2-3H3. The average Bonchev–Trinajstić information content (AvgIpc) is 2.50. The van der Waals surface area contributed by atoms with E-state index in [9.17, 15) is 18.8 Å². The fourth-order valence-corrected chi connectivity index (χ4v) is 2.04. The third-order valence-electron chi connectivity index (χ3n) is 2.82. The minimum Gasteiger partial charge on any atom is -0.492 e. The van der Waals surface area contributed by atoms with Gasteiger partial charge in [0.1, 0.15) is 5.92 Å². The monoisotopic (exact) mass is 328 g/mol. The van der Waals surface area contributed by atoms with E-state index in [1.165, 1.54) is 20.1 Å². The van der Waals surface area contributed by atoms with Gasteiger partial charge in [0.05, 0.1) is 18.7 Å². The van der Waals surface area contributed by atoms with Gasteiger partial charge in [-0.05, 0) is 19.1 Å². The normalized spacial score (nSPS) is 11.5. The lowest BCUT2D eigenvalue weighted by atomic mass is 9.89. The molecule has 0 heterocycles. The van der Waals surface area contributed by atoms with Crippen LogP contribution in [0.5, 0.6) is 5.75 Å². The maximum absolute atomic E-state index is 14.4. The molecule has 0 saturated heterocycles. The molecule has 118 valence electrons. The van der Waals surface area contributed by atoms with Crippen LogP contribution in [-0.2, 0) is 19.1 Å². The molecule has 0 saturated carbocycles. The van der Waals surface area contributed by atoms with Crippen molar-refractivity contribution < 1.29 is 28.2 Å². The molecule has 1 unspecified atom stereocenters. The van der Waals surface area contributed by atoms with Crippen LogP contribution in [0.3, 0.4) is 0 Å². The molecule has 0 N–H and O–H groups in total. The first-order valence-electron chi connectivity index (χ1n) is 6.28. The van der Waals surface area contributed by atoms with Crippen molar-refractivity contribution in [2.45, 2.75) is 12.8 Å². The van der Waals surface area contributed by atoms with Crippen molar-refractivity contribution in [2.24, 2.45) is 0 Å². The zero-order chi connectivity index (χ0) is 16.9. The van der Waals surface area contributed by atoms with E-state index in [0.29, 0.717) is 0 Å². The lowest BCUT2D eigenvalue weighted by Gasteiger charge is -2.15.